The van der Waals surface area contributed by atoms with E-state index in [0.717, 1.165) is 6.42 Å². The van der Waals surface area contributed by atoms with E-state index in [1.165, 1.54) is 19.5 Å². The van der Waals surface area contributed by atoms with E-state index >= 15 is 0 Å². The van der Waals surface area contributed by atoms with Gasteiger partial charge in [0.05, 0.1) is 24.1 Å². The maximum Gasteiger partial charge on any atom is 0.337 e. The van der Waals surface area contributed by atoms with Gasteiger partial charge in [0.1, 0.15) is 12.1 Å². The summed E-state index contributed by atoms with van der Waals surface area (Å²) in [4.78, 5) is 33.6. The van der Waals surface area contributed by atoms with Gasteiger partial charge in [-0.15, -0.1) is 0 Å². The molecule has 1 aromatic rings. The van der Waals surface area contributed by atoms with Crippen molar-refractivity contribution in [2.45, 2.75) is 12.8 Å². The summed E-state index contributed by atoms with van der Waals surface area (Å²) < 4.78 is 4.80. The van der Waals surface area contributed by atoms with Crippen LogP contribution in [0.2, 0.25) is 0 Å². The topological polar surface area (TPSA) is 84.4 Å². The number of carbonyl (C=O) groups is 2. The third-order valence-electron chi connectivity index (χ3n) is 3.44. The van der Waals surface area contributed by atoms with Crippen LogP contribution in [0.5, 0.6) is 0 Å². The first-order valence-electron chi connectivity index (χ1n) is 6.59. The number of methoxy groups -OCH3 is 1. The molecule has 2 aliphatic rings. The molecular formula is C14H14N4O3. The van der Waals surface area contributed by atoms with E-state index in [-0.39, 0.29) is 5.91 Å². The van der Waals surface area contributed by atoms with Crippen LogP contribution in [0.3, 0.4) is 0 Å². The van der Waals surface area contributed by atoms with Crippen LogP contribution in [0.15, 0.2) is 36.1 Å². The number of aromatic nitrogens is 2. The molecule has 0 saturated heterocycles. The lowest BCUT2D eigenvalue weighted by atomic mass is 10.0. The Balaban J connectivity index is 2.03. The number of nitrogens with one attached hydrogen (secondary N) is 1. The molecule has 3 rings (SSSR count). The van der Waals surface area contributed by atoms with E-state index in [2.05, 4.69) is 15.3 Å². The van der Waals surface area contributed by atoms with Crippen LogP contribution in [-0.4, -0.2) is 40.4 Å². The van der Waals surface area contributed by atoms with Gasteiger partial charge in [-0.05, 0) is 18.9 Å². The number of ether oxygens (including phenoxy) is 1. The minimum atomic E-state index is -0.418. The summed E-state index contributed by atoms with van der Waals surface area (Å²) in [5, 5.41) is 3.12. The lowest BCUT2D eigenvalue weighted by Crippen LogP contribution is -2.44. The molecule has 1 N–H and O–H groups in total. The van der Waals surface area contributed by atoms with Crippen molar-refractivity contribution in [1.29, 1.82) is 0 Å². The predicted octanol–water partition coefficient (Wildman–Crippen LogP) is 0.428. The average molecular weight is 286 g/mol. The molecule has 0 spiro atoms. The SMILES string of the molecule is COC(=O)C1=C2NC(c3ccncn3)=CC(=O)N2CCC1. The number of amides is 1. The Hall–Kier alpha value is -2.70. The number of esters is 1. The van der Waals surface area contributed by atoms with Gasteiger partial charge in [-0.3, -0.25) is 9.69 Å². The van der Waals surface area contributed by atoms with Crippen molar-refractivity contribution in [1.82, 2.24) is 20.2 Å². The Morgan fingerprint density at radius 2 is 2.33 bits per heavy atom. The molecule has 0 radical (unpaired) electrons. The fourth-order valence-corrected chi connectivity index (χ4v) is 2.45. The highest BCUT2D eigenvalue weighted by Gasteiger charge is 2.32. The minimum absolute atomic E-state index is 0.168. The van der Waals surface area contributed by atoms with Crippen LogP contribution < -0.4 is 5.32 Å². The fourth-order valence-electron chi connectivity index (χ4n) is 2.45. The van der Waals surface area contributed by atoms with Crippen molar-refractivity contribution in [3.8, 4) is 0 Å². The van der Waals surface area contributed by atoms with Gasteiger partial charge in [-0.25, -0.2) is 14.8 Å². The zero-order valence-electron chi connectivity index (χ0n) is 11.5. The van der Waals surface area contributed by atoms with Gasteiger partial charge < -0.3 is 10.1 Å². The van der Waals surface area contributed by atoms with Crippen LogP contribution in [0, 0.1) is 0 Å². The molecule has 0 unspecified atom stereocenters. The third-order valence-corrected chi connectivity index (χ3v) is 3.44. The van der Waals surface area contributed by atoms with Gasteiger partial charge in [0.25, 0.3) is 5.91 Å². The second-order valence-corrected chi connectivity index (χ2v) is 4.69. The first kappa shape index (κ1) is 13.3. The standard InChI is InChI=1S/C14H14N4O3/c1-21-14(20)9-3-2-6-18-12(19)7-11(17-13(9)18)10-4-5-15-8-16-10/h4-5,7-8,17H,2-3,6H2,1H3. The van der Waals surface area contributed by atoms with Crippen molar-refractivity contribution < 1.29 is 14.3 Å². The molecule has 0 bridgehead atoms. The van der Waals surface area contributed by atoms with Gasteiger partial charge >= 0.3 is 5.97 Å². The Bertz CT molecular complexity index is 651. The van der Waals surface area contributed by atoms with E-state index in [1.807, 2.05) is 0 Å². The highest BCUT2D eigenvalue weighted by atomic mass is 16.5. The van der Waals surface area contributed by atoms with Crippen LogP contribution in [0.1, 0.15) is 18.5 Å². The van der Waals surface area contributed by atoms with E-state index in [4.69, 9.17) is 4.74 Å². The molecule has 7 heteroatoms. The van der Waals surface area contributed by atoms with E-state index in [9.17, 15) is 9.59 Å². The first-order chi connectivity index (χ1) is 10.2. The maximum atomic E-state index is 12.2. The Morgan fingerprint density at radius 3 is 3.05 bits per heavy atom. The summed E-state index contributed by atoms with van der Waals surface area (Å²) in [6.07, 6.45) is 5.79. The van der Waals surface area contributed by atoms with Crippen molar-refractivity contribution in [2.24, 2.45) is 0 Å². The first-order valence-corrected chi connectivity index (χ1v) is 6.59. The van der Waals surface area contributed by atoms with Gasteiger partial charge in [0.2, 0.25) is 0 Å². The number of fused-ring (bicyclic) bond motifs is 1. The summed E-state index contributed by atoms with van der Waals surface area (Å²) in [6, 6.07) is 1.70. The van der Waals surface area contributed by atoms with Gasteiger partial charge in [-0.2, -0.15) is 0 Å². The largest absolute Gasteiger partial charge is 0.466 e. The molecular weight excluding hydrogens is 272 g/mol. The Labute approximate surface area is 121 Å². The quantitative estimate of drug-likeness (QED) is 0.794. The van der Waals surface area contributed by atoms with Crippen LogP contribution in [0.25, 0.3) is 5.70 Å². The monoisotopic (exact) mass is 286 g/mol. The molecule has 0 fully saturated rings. The summed E-state index contributed by atoms with van der Waals surface area (Å²) >= 11 is 0. The van der Waals surface area contributed by atoms with E-state index in [1.54, 1.807) is 17.2 Å². The van der Waals surface area contributed by atoms with Crippen molar-refractivity contribution in [3.63, 3.8) is 0 Å². The molecule has 0 saturated carbocycles. The summed E-state index contributed by atoms with van der Waals surface area (Å²) in [6.45, 7) is 0.579. The third kappa shape index (κ3) is 2.37. The normalized spacial score (nSPS) is 17.9. The molecule has 0 atom stereocenters. The number of carbonyl (C=O) groups excluding carboxylic acids is 2. The summed E-state index contributed by atoms with van der Waals surface area (Å²) in [7, 11) is 1.33. The minimum Gasteiger partial charge on any atom is -0.466 e. The highest BCUT2D eigenvalue weighted by Crippen LogP contribution is 2.27. The molecule has 1 aromatic heterocycles. The van der Waals surface area contributed by atoms with Crippen molar-refractivity contribution in [3.05, 3.63) is 41.8 Å². The molecule has 108 valence electrons. The summed E-state index contributed by atoms with van der Waals surface area (Å²) in [5.74, 6) is -0.0911. The number of hydrogen-bond acceptors (Lipinski definition) is 6. The number of rotatable bonds is 2. The second-order valence-electron chi connectivity index (χ2n) is 4.69. The van der Waals surface area contributed by atoms with E-state index in [0.29, 0.717) is 35.8 Å². The second kappa shape index (κ2) is 5.35. The lowest BCUT2D eigenvalue weighted by molar-refractivity contribution is -0.136. The van der Waals surface area contributed by atoms with Crippen molar-refractivity contribution in [2.75, 3.05) is 13.7 Å². The smallest absolute Gasteiger partial charge is 0.337 e. The zero-order chi connectivity index (χ0) is 14.8. The average Bonchev–Trinajstić information content (AvgIpc) is 2.54. The fraction of sp³-hybridized carbons (Fsp3) is 0.286. The summed E-state index contributed by atoms with van der Waals surface area (Å²) in [5.41, 5.74) is 1.63. The van der Waals surface area contributed by atoms with Crippen molar-refractivity contribution >= 4 is 17.6 Å². The molecule has 3 heterocycles. The predicted molar refractivity (Wildman–Crippen MR) is 73.1 cm³/mol. The highest BCUT2D eigenvalue weighted by molar-refractivity contribution is 6.00. The molecule has 7 nitrogen and oxygen atoms in total. The molecule has 0 aliphatic carbocycles. The van der Waals surface area contributed by atoms with Crippen LogP contribution >= 0.6 is 0 Å². The molecule has 0 aromatic carbocycles. The maximum absolute atomic E-state index is 12.2. The lowest BCUT2D eigenvalue weighted by Gasteiger charge is -2.34. The zero-order valence-corrected chi connectivity index (χ0v) is 11.5. The molecule has 1 amide bonds. The Morgan fingerprint density at radius 1 is 1.48 bits per heavy atom. The number of hydrogen-bond donors (Lipinski definition) is 1. The van der Waals surface area contributed by atoms with Gasteiger partial charge in [-0.1, -0.05) is 0 Å². The Kier molecular flexibility index (Phi) is 3.39. The van der Waals surface area contributed by atoms with Crippen LogP contribution in [-0.2, 0) is 14.3 Å². The van der Waals surface area contributed by atoms with E-state index < -0.39 is 5.97 Å². The molecule has 21 heavy (non-hydrogen) atoms. The molecule has 2 aliphatic heterocycles. The number of nitrogens with zero attached hydrogens (tertiary/aromatic N) is 3. The van der Waals surface area contributed by atoms with Crippen LogP contribution in [0.4, 0.5) is 0 Å². The van der Waals surface area contributed by atoms with Gasteiger partial charge in [0, 0.05) is 18.8 Å². The van der Waals surface area contributed by atoms with Gasteiger partial charge in [0.15, 0.2) is 0 Å².